The second kappa shape index (κ2) is 9.07. The molecule has 2 rings (SSSR count). The Kier molecular flexibility index (Phi) is 8.17. The molecule has 1 saturated heterocycles. The predicted octanol–water partition coefficient (Wildman–Crippen LogP) is 2.53. The summed E-state index contributed by atoms with van der Waals surface area (Å²) in [5, 5.41) is 0. The molecule has 2 fully saturated rings. The zero-order valence-electron chi connectivity index (χ0n) is 13.1. The fourth-order valence-corrected chi connectivity index (χ4v) is 3.19. The topological polar surface area (TPSA) is 44.9 Å². The van der Waals surface area contributed by atoms with Gasteiger partial charge in [0.1, 0.15) is 0 Å². The highest BCUT2D eigenvalue weighted by atomic mass is 127. The first-order valence-corrected chi connectivity index (χ1v) is 7.92. The molecule has 0 aromatic heterocycles. The molecule has 2 N–H and O–H groups in total. The highest BCUT2D eigenvalue weighted by molar-refractivity contribution is 14.0. The first-order valence-electron chi connectivity index (χ1n) is 7.92. The van der Waals surface area contributed by atoms with Gasteiger partial charge in [0.05, 0.1) is 6.54 Å². The first-order chi connectivity index (χ1) is 9.16. The van der Waals surface area contributed by atoms with Gasteiger partial charge in [-0.15, -0.1) is 24.0 Å². The molecule has 4 nitrogen and oxygen atoms in total. The predicted molar refractivity (Wildman–Crippen MR) is 96.8 cm³/mol. The summed E-state index contributed by atoms with van der Waals surface area (Å²) < 4.78 is 0. The Labute approximate surface area is 141 Å². The Morgan fingerprint density at radius 1 is 1.20 bits per heavy atom. The van der Waals surface area contributed by atoms with Crippen molar-refractivity contribution in [2.24, 2.45) is 16.6 Å². The third-order valence-corrected chi connectivity index (χ3v) is 4.78. The number of hydrogen-bond acceptors (Lipinski definition) is 2. The number of rotatable bonds is 4. The van der Waals surface area contributed by atoms with E-state index in [1.165, 1.54) is 38.5 Å². The summed E-state index contributed by atoms with van der Waals surface area (Å²) in [5.74, 6) is 1.60. The summed E-state index contributed by atoms with van der Waals surface area (Å²) >= 11 is 0. The third-order valence-electron chi connectivity index (χ3n) is 4.78. The number of guanidine groups is 1. The number of nitrogens with zero attached hydrogens (tertiary/aromatic N) is 3. The van der Waals surface area contributed by atoms with Gasteiger partial charge >= 0.3 is 0 Å². The molecule has 118 valence electrons. The molecule has 0 radical (unpaired) electrons. The molecule has 20 heavy (non-hydrogen) atoms. The molecular formula is C15H31IN4. The second-order valence-electron chi connectivity index (χ2n) is 6.33. The van der Waals surface area contributed by atoms with E-state index in [9.17, 15) is 0 Å². The van der Waals surface area contributed by atoms with Crippen LogP contribution in [0, 0.1) is 5.92 Å². The van der Waals surface area contributed by atoms with E-state index in [-0.39, 0.29) is 24.0 Å². The molecule has 1 aliphatic carbocycles. The van der Waals surface area contributed by atoms with Crippen LogP contribution in [0.25, 0.3) is 0 Å². The van der Waals surface area contributed by atoms with E-state index in [4.69, 9.17) is 5.73 Å². The van der Waals surface area contributed by atoms with E-state index in [1.54, 1.807) is 0 Å². The Balaban J connectivity index is 0.00000200. The molecule has 1 saturated carbocycles. The number of aliphatic imine (C=N–C) groups is 1. The van der Waals surface area contributed by atoms with E-state index in [1.807, 2.05) is 0 Å². The van der Waals surface area contributed by atoms with Gasteiger partial charge < -0.3 is 15.5 Å². The maximum absolute atomic E-state index is 6.09. The van der Waals surface area contributed by atoms with Gasteiger partial charge in [0, 0.05) is 25.7 Å². The zero-order valence-corrected chi connectivity index (χ0v) is 15.4. The molecule has 0 amide bonds. The fraction of sp³-hybridized carbons (Fsp3) is 0.933. The van der Waals surface area contributed by atoms with Gasteiger partial charge in [0.25, 0.3) is 0 Å². The number of likely N-dealkylation sites (tertiary alicyclic amines) is 1. The van der Waals surface area contributed by atoms with Gasteiger partial charge in [-0.05, 0) is 38.6 Å². The second-order valence-corrected chi connectivity index (χ2v) is 6.33. The van der Waals surface area contributed by atoms with Crippen molar-refractivity contribution in [2.45, 2.75) is 51.5 Å². The number of likely N-dealkylation sites (N-methyl/N-ethyl adjacent to an activating group) is 1. The Hall–Kier alpha value is -0.0400. The fourth-order valence-electron chi connectivity index (χ4n) is 3.19. The SMILES string of the molecule is CC1CCN(C(N)=NCCN(C)C2CCCC2)CC1.I. The maximum atomic E-state index is 6.09. The summed E-state index contributed by atoms with van der Waals surface area (Å²) in [6.45, 7) is 6.35. The van der Waals surface area contributed by atoms with E-state index >= 15 is 0 Å². The highest BCUT2D eigenvalue weighted by Gasteiger charge is 2.19. The average Bonchev–Trinajstić information content (AvgIpc) is 2.93. The largest absolute Gasteiger partial charge is 0.370 e. The van der Waals surface area contributed by atoms with Gasteiger partial charge in [0.15, 0.2) is 5.96 Å². The van der Waals surface area contributed by atoms with Crippen molar-refractivity contribution in [3.63, 3.8) is 0 Å². The average molecular weight is 394 g/mol. The minimum Gasteiger partial charge on any atom is -0.370 e. The maximum Gasteiger partial charge on any atom is 0.191 e. The van der Waals surface area contributed by atoms with Crippen LogP contribution in [0.15, 0.2) is 4.99 Å². The monoisotopic (exact) mass is 394 g/mol. The summed E-state index contributed by atoms with van der Waals surface area (Å²) in [6, 6.07) is 0.785. The molecule has 0 spiro atoms. The quantitative estimate of drug-likeness (QED) is 0.453. The number of hydrogen-bond donors (Lipinski definition) is 1. The molecule has 0 aromatic carbocycles. The lowest BCUT2D eigenvalue weighted by Crippen LogP contribution is -2.43. The van der Waals surface area contributed by atoms with Crippen molar-refractivity contribution >= 4 is 29.9 Å². The molecule has 1 aliphatic heterocycles. The Bertz CT molecular complexity index is 294. The van der Waals surface area contributed by atoms with Crippen molar-refractivity contribution in [1.29, 1.82) is 0 Å². The van der Waals surface area contributed by atoms with E-state index in [0.29, 0.717) is 0 Å². The molecule has 0 atom stereocenters. The van der Waals surface area contributed by atoms with Crippen LogP contribution in [-0.4, -0.2) is 55.0 Å². The minimum atomic E-state index is 0. The molecular weight excluding hydrogens is 363 g/mol. The summed E-state index contributed by atoms with van der Waals surface area (Å²) in [6.07, 6.45) is 8.01. The number of nitrogens with two attached hydrogens (primary N) is 1. The molecule has 0 aromatic rings. The van der Waals surface area contributed by atoms with Crippen LogP contribution in [0.5, 0.6) is 0 Å². The van der Waals surface area contributed by atoms with Crippen LogP contribution in [-0.2, 0) is 0 Å². The van der Waals surface area contributed by atoms with Crippen LogP contribution >= 0.6 is 24.0 Å². The van der Waals surface area contributed by atoms with Crippen LogP contribution in [0.1, 0.15) is 45.4 Å². The zero-order chi connectivity index (χ0) is 13.7. The van der Waals surface area contributed by atoms with E-state index < -0.39 is 0 Å². The van der Waals surface area contributed by atoms with Gasteiger partial charge in [-0.2, -0.15) is 0 Å². The highest BCUT2D eigenvalue weighted by Crippen LogP contribution is 2.22. The van der Waals surface area contributed by atoms with Gasteiger partial charge in [-0.25, -0.2) is 0 Å². The Morgan fingerprint density at radius 2 is 1.80 bits per heavy atom. The molecule has 0 bridgehead atoms. The Morgan fingerprint density at radius 3 is 2.40 bits per heavy atom. The summed E-state index contributed by atoms with van der Waals surface area (Å²) in [4.78, 5) is 9.27. The van der Waals surface area contributed by atoms with Crippen molar-refractivity contribution in [3.05, 3.63) is 0 Å². The third kappa shape index (κ3) is 5.39. The standard InChI is InChI=1S/C15H30N4.HI/c1-13-7-10-19(11-8-13)15(16)17-9-12-18(2)14-5-3-4-6-14;/h13-14H,3-12H2,1-2H3,(H2,16,17);1H. The lowest BCUT2D eigenvalue weighted by molar-refractivity contribution is 0.250. The molecule has 0 unspecified atom stereocenters. The van der Waals surface area contributed by atoms with Gasteiger partial charge in [-0.1, -0.05) is 19.8 Å². The van der Waals surface area contributed by atoms with Gasteiger partial charge in [-0.3, -0.25) is 4.99 Å². The van der Waals surface area contributed by atoms with Crippen molar-refractivity contribution < 1.29 is 0 Å². The minimum absolute atomic E-state index is 0. The smallest absolute Gasteiger partial charge is 0.191 e. The lowest BCUT2D eigenvalue weighted by Gasteiger charge is -2.31. The van der Waals surface area contributed by atoms with Crippen LogP contribution < -0.4 is 5.73 Å². The number of halogens is 1. The van der Waals surface area contributed by atoms with Crippen LogP contribution in [0.4, 0.5) is 0 Å². The normalized spacial score (nSPS) is 22.4. The van der Waals surface area contributed by atoms with E-state index in [0.717, 1.165) is 44.1 Å². The molecule has 1 heterocycles. The van der Waals surface area contributed by atoms with Crippen molar-refractivity contribution in [1.82, 2.24) is 9.80 Å². The van der Waals surface area contributed by atoms with Crippen molar-refractivity contribution in [2.75, 3.05) is 33.2 Å². The summed E-state index contributed by atoms with van der Waals surface area (Å²) in [5.41, 5.74) is 6.09. The van der Waals surface area contributed by atoms with E-state index in [2.05, 4.69) is 28.8 Å². The first kappa shape index (κ1) is 18.0. The number of piperidine rings is 1. The van der Waals surface area contributed by atoms with Crippen LogP contribution in [0.3, 0.4) is 0 Å². The lowest BCUT2D eigenvalue weighted by atomic mass is 10.00. The summed E-state index contributed by atoms with van der Waals surface area (Å²) in [7, 11) is 2.23. The van der Waals surface area contributed by atoms with Crippen molar-refractivity contribution in [3.8, 4) is 0 Å². The molecule has 5 heteroatoms. The molecule has 2 aliphatic rings. The van der Waals surface area contributed by atoms with Crippen LogP contribution in [0.2, 0.25) is 0 Å². The van der Waals surface area contributed by atoms with Gasteiger partial charge in [0.2, 0.25) is 0 Å².